The van der Waals surface area contributed by atoms with Crippen molar-refractivity contribution in [2.24, 2.45) is 4.40 Å². The van der Waals surface area contributed by atoms with Gasteiger partial charge in [0.1, 0.15) is 10.9 Å². The van der Waals surface area contributed by atoms with Crippen molar-refractivity contribution in [3.05, 3.63) is 65.2 Å². The van der Waals surface area contributed by atoms with E-state index in [0.29, 0.717) is 30.5 Å². The Morgan fingerprint density at radius 3 is 2.55 bits per heavy atom. The largest absolute Gasteiger partial charge is 0.343 e. The van der Waals surface area contributed by atoms with E-state index in [4.69, 9.17) is 0 Å². The highest BCUT2D eigenvalue weighted by Gasteiger charge is 2.39. The maximum atomic E-state index is 12.7. The molecule has 150 valence electrons. The maximum Gasteiger partial charge on any atom is 0.285 e. The van der Waals surface area contributed by atoms with Crippen LogP contribution in [0.4, 0.5) is 0 Å². The lowest BCUT2D eigenvalue weighted by atomic mass is 10.1. The van der Waals surface area contributed by atoms with E-state index in [9.17, 15) is 18.0 Å². The second-order valence-electron chi connectivity index (χ2n) is 7.05. The lowest BCUT2D eigenvalue weighted by molar-refractivity contribution is -0.125. The molecular weight excluding hydrogens is 392 g/mol. The van der Waals surface area contributed by atoms with Gasteiger partial charge in [-0.05, 0) is 44.0 Å². The Labute approximate surface area is 168 Å². The summed E-state index contributed by atoms with van der Waals surface area (Å²) < 4.78 is 28.5. The second kappa shape index (κ2) is 7.32. The first-order valence-corrected chi connectivity index (χ1v) is 10.7. The number of amidine groups is 1. The number of benzene rings is 2. The van der Waals surface area contributed by atoms with Gasteiger partial charge in [0.15, 0.2) is 5.84 Å². The molecule has 1 atom stereocenters. The number of aryl methyl sites for hydroxylation is 1. The molecule has 9 heteroatoms. The van der Waals surface area contributed by atoms with Gasteiger partial charge in [-0.25, -0.2) is 0 Å². The number of nitrogens with zero attached hydrogens (tertiary/aromatic N) is 2. The molecule has 1 saturated heterocycles. The van der Waals surface area contributed by atoms with Crippen LogP contribution in [0.25, 0.3) is 0 Å². The van der Waals surface area contributed by atoms with Crippen molar-refractivity contribution in [1.29, 1.82) is 0 Å². The van der Waals surface area contributed by atoms with Crippen molar-refractivity contribution >= 4 is 27.7 Å². The quantitative estimate of drug-likeness (QED) is 0.725. The summed E-state index contributed by atoms with van der Waals surface area (Å²) in [5.41, 5.74) is 6.82. The fourth-order valence-corrected chi connectivity index (χ4v) is 4.78. The van der Waals surface area contributed by atoms with Crippen LogP contribution in [0.3, 0.4) is 0 Å². The van der Waals surface area contributed by atoms with Crippen LogP contribution in [0, 0.1) is 6.92 Å². The molecule has 0 aliphatic carbocycles. The first kappa shape index (κ1) is 19.1. The van der Waals surface area contributed by atoms with Gasteiger partial charge in [0.25, 0.3) is 21.8 Å². The predicted octanol–water partition coefficient (Wildman–Crippen LogP) is 1.37. The summed E-state index contributed by atoms with van der Waals surface area (Å²) >= 11 is 0. The first-order valence-electron chi connectivity index (χ1n) is 9.25. The van der Waals surface area contributed by atoms with E-state index in [2.05, 4.69) is 15.2 Å². The molecule has 1 fully saturated rings. The number of hydrazine groups is 1. The first-order chi connectivity index (χ1) is 13.9. The van der Waals surface area contributed by atoms with E-state index >= 15 is 0 Å². The normalized spacial score (nSPS) is 19.4. The van der Waals surface area contributed by atoms with Crippen molar-refractivity contribution in [2.75, 3.05) is 6.54 Å². The third-order valence-corrected chi connectivity index (χ3v) is 6.38. The molecule has 2 aliphatic rings. The third-order valence-electron chi connectivity index (χ3n) is 5.05. The maximum absolute atomic E-state index is 12.7. The number of fused-ring (bicyclic) bond motifs is 1. The van der Waals surface area contributed by atoms with Gasteiger partial charge in [-0.2, -0.15) is 8.42 Å². The monoisotopic (exact) mass is 412 g/mol. The van der Waals surface area contributed by atoms with Crippen LogP contribution in [0.15, 0.2) is 57.8 Å². The number of carbonyl (C=O) groups excluding carboxylic acids is 2. The summed E-state index contributed by atoms with van der Waals surface area (Å²) in [5.74, 6) is -0.551. The average Bonchev–Trinajstić information content (AvgIpc) is 3.29. The lowest BCUT2D eigenvalue weighted by Crippen LogP contribution is -2.51. The number of hydrogen-bond acceptors (Lipinski definition) is 5. The van der Waals surface area contributed by atoms with Crippen LogP contribution >= 0.6 is 0 Å². The summed E-state index contributed by atoms with van der Waals surface area (Å²) in [6.45, 7) is 2.43. The molecule has 8 nitrogen and oxygen atoms in total. The number of sulfonamides is 1. The van der Waals surface area contributed by atoms with Crippen molar-refractivity contribution in [3.63, 3.8) is 0 Å². The predicted molar refractivity (Wildman–Crippen MR) is 107 cm³/mol. The van der Waals surface area contributed by atoms with Crippen LogP contribution in [0.5, 0.6) is 0 Å². The summed E-state index contributed by atoms with van der Waals surface area (Å²) in [5, 5.41) is 0. The zero-order valence-electron chi connectivity index (χ0n) is 15.8. The molecule has 2 aromatic rings. The Morgan fingerprint density at radius 2 is 1.79 bits per heavy atom. The molecule has 0 radical (unpaired) electrons. The molecule has 0 spiro atoms. The summed E-state index contributed by atoms with van der Waals surface area (Å²) in [6.07, 6.45) is 1.25. The van der Waals surface area contributed by atoms with E-state index in [1.165, 1.54) is 6.07 Å². The zero-order valence-corrected chi connectivity index (χ0v) is 16.6. The van der Waals surface area contributed by atoms with Crippen LogP contribution < -0.4 is 10.9 Å². The Kier molecular flexibility index (Phi) is 4.83. The molecular formula is C20H20N4O4S. The lowest BCUT2D eigenvalue weighted by Gasteiger charge is -2.25. The van der Waals surface area contributed by atoms with Gasteiger partial charge < -0.3 is 4.90 Å². The van der Waals surface area contributed by atoms with Gasteiger partial charge in [0, 0.05) is 17.7 Å². The van der Waals surface area contributed by atoms with Crippen molar-refractivity contribution < 1.29 is 18.0 Å². The highest BCUT2D eigenvalue weighted by Crippen LogP contribution is 2.31. The molecule has 0 bridgehead atoms. The van der Waals surface area contributed by atoms with Crippen molar-refractivity contribution in [2.45, 2.75) is 30.7 Å². The fraction of sp³-hybridized carbons (Fsp3) is 0.250. The molecule has 2 N–H and O–H groups in total. The Hall–Kier alpha value is -3.20. The molecule has 2 amide bonds. The molecule has 0 saturated carbocycles. The summed E-state index contributed by atoms with van der Waals surface area (Å²) in [7, 11) is -3.76. The Bertz CT molecular complexity index is 1110. The highest BCUT2D eigenvalue weighted by molar-refractivity contribution is 7.90. The minimum atomic E-state index is -3.76. The van der Waals surface area contributed by atoms with Crippen LogP contribution in [-0.2, 0) is 14.8 Å². The molecule has 4 rings (SSSR count). The van der Waals surface area contributed by atoms with Crippen molar-refractivity contribution in [3.8, 4) is 0 Å². The van der Waals surface area contributed by atoms with Gasteiger partial charge in [0.05, 0.1) is 0 Å². The van der Waals surface area contributed by atoms with Crippen molar-refractivity contribution in [1.82, 2.24) is 15.8 Å². The third kappa shape index (κ3) is 3.61. The van der Waals surface area contributed by atoms with E-state index in [0.717, 1.165) is 5.56 Å². The van der Waals surface area contributed by atoms with Gasteiger partial charge >= 0.3 is 0 Å². The number of carbonyl (C=O) groups is 2. The van der Waals surface area contributed by atoms with Crippen LogP contribution in [0.1, 0.15) is 34.3 Å². The summed E-state index contributed by atoms with van der Waals surface area (Å²) in [4.78, 5) is 26.8. The molecule has 0 aromatic heterocycles. The van der Waals surface area contributed by atoms with E-state index < -0.39 is 27.9 Å². The molecule has 2 aromatic carbocycles. The number of rotatable bonds is 2. The summed E-state index contributed by atoms with van der Waals surface area (Å²) in [6, 6.07) is 12.9. The number of amides is 2. The van der Waals surface area contributed by atoms with Gasteiger partial charge in [-0.1, -0.05) is 29.8 Å². The van der Waals surface area contributed by atoms with E-state index in [1.807, 2.05) is 19.1 Å². The highest BCUT2D eigenvalue weighted by atomic mass is 32.2. The van der Waals surface area contributed by atoms with Crippen LogP contribution in [0.2, 0.25) is 0 Å². The minimum Gasteiger partial charge on any atom is -0.343 e. The average molecular weight is 412 g/mol. The SMILES string of the molecule is Cc1ccc(C(=O)NNC(=O)[C@@H]2CCCN2C2=NS(=O)(=O)c3ccccc32)cc1. The van der Waals surface area contributed by atoms with Gasteiger partial charge in [0.2, 0.25) is 0 Å². The van der Waals surface area contributed by atoms with E-state index in [-0.39, 0.29) is 10.7 Å². The molecule has 2 heterocycles. The van der Waals surface area contributed by atoms with E-state index in [1.54, 1.807) is 35.2 Å². The van der Waals surface area contributed by atoms with Crippen LogP contribution in [-0.4, -0.2) is 43.6 Å². The number of likely N-dealkylation sites (tertiary alicyclic amines) is 1. The van der Waals surface area contributed by atoms with Gasteiger partial charge in [-0.3, -0.25) is 20.4 Å². The number of hydrogen-bond donors (Lipinski definition) is 2. The molecule has 29 heavy (non-hydrogen) atoms. The standard InChI is InChI=1S/C20H20N4O4S/c1-13-8-10-14(11-9-13)19(25)21-22-20(26)16-6-4-12-24(16)18-15-5-2-3-7-17(15)29(27,28)23-18/h2-3,5,7-11,16H,4,6,12H2,1H3,(H,21,25)(H,22,26)/t16-/m0/s1. The minimum absolute atomic E-state index is 0.147. The smallest absolute Gasteiger partial charge is 0.285 e. The fourth-order valence-electron chi connectivity index (χ4n) is 3.57. The topological polar surface area (TPSA) is 108 Å². The zero-order chi connectivity index (χ0) is 20.6. The molecule has 2 aliphatic heterocycles. The number of nitrogens with one attached hydrogen (secondary N) is 2. The molecule has 0 unspecified atom stereocenters. The second-order valence-corrected chi connectivity index (χ2v) is 8.62. The Balaban J connectivity index is 1.48. The van der Waals surface area contributed by atoms with Gasteiger partial charge in [-0.15, -0.1) is 4.40 Å². The Morgan fingerprint density at radius 1 is 1.07 bits per heavy atom.